The fourth-order valence-corrected chi connectivity index (χ4v) is 3.09. The van der Waals surface area contributed by atoms with E-state index >= 15 is 0 Å². The molecule has 0 atom stereocenters. The van der Waals surface area contributed by atoms with Crippen molar-refractivity contribution in [1.82, 2.24) is 9.55 Å². The summed E-state index contributed by atoms with van der Waals surface area (Å²) in [6.07, 6.45) is 7.65. The Kier molecular flexibility index (Phi) is 3.43. The smallest absolute Gasteiger partial charge is 0.208 e. The van der Waals surface area contributed by atoms with Crippen molar-refractivity contribution in [2.45, 2.75) is 44.6 Å². The highest BCUT2D eigenvalue weighted by atomic mass is 16.1. The Labute approximate surface area is 119 Å². The Hall–Kier alpha value is -1.90. The third-order valence-corrected chi connectivity index (χ3v) is 4.35. The molecule has 1 aliphatic rings. The maximum absolute atomic E-state index is 13.0. The first-order chi connectivity index (χ1) is 9.78. The zero-order valence-electron chi connectivity index (χ0n) is 11.9. The minimum absolute atomic E-state index is 0.188. The summed E-state index contributed by atoms with van der Waals surface area (Å²) in [4.78, 5) is 17.3. The molecule has 0 amide bonds. The molecule has 1 aromatic heterocycles. The van der Waals surface area contributed by atoms with Crippen molar-refractivity contribution >= 4 is 5.78 Å². The van der Waals surface area contributed by atoms with Crippen molar-refractivity contribution in [3.8, 4) is 0 Å². The van der Waals surface area contributed by atoms with Gasteiger partial charge >= 0.3 is 0 Å². The van der Waals surface area contributed by atoms with Gasteiger partial charge in [0, 0.05) is 18.9 Å². The largest absolute Gasteiger partial charge is 0.329 e. The molecule has 2 aromatic rings. The fraction of sp³-hybridized carbons (Fsp3) is 0.412. The van der Waals surface area contributed by atoms with Crippen molar-refractivity contribution in [2.24, 2.45) is 0 Å². The SMILES string of the molecule is CCCn1ccnc1C(=O)C1(c2ccccc2)CCC1. The first-order valence-corrected chi connectivity index (χ1v) is 7.39. The van der Waals surface area contributed by atoms with Gasteiger partial charge < -0.3 is 4.57 Å². The summed E-state index contributed by atoms with van der Waals surface area (Å²) in [5.74, 6) is 0.809. The molecule has 1 heterocycles. The molecular weight excluding hydrogens is 248 g/mol. The standard InChI is InChI=1S/C17H20N2O/c1-2-12-19-13-11-18-16(19)15(20)17(9-6-10-17)14-7-4-3-5-8-14/h3-5,7-8,11,13H,2,6,9-10,12H2,1H3. The van der Waals surface area contributed by atoms with E-state index in [2.05, 4.69) is 24.0 Å². The fourth-order valence-electron chi connectivity index (χ4n) is 3.09. The quantitative estimate of drug-likeness (QED) is 0.777. The van der Waals surface area contributed by atoms with Gasteiger partial charge in [0.1, 0.15) is 0 Å². The van der Waals surface area contributed by atoms with E-state index in [1.54, 1.807) is 6.20 Å². The first-order valence-electron chi connectivity index (χ1n) is 7.39. The third kappa shape index (κ3) is 1.98. The number of benzene rings is 1. The van der Waals surface area contributed by atoms with Gasteiger partial charge in [0.15, 0.2) is 5.82 Å². The summed E-state index contributed by atoms with van der Waals surface area (Å²) in [7, 11) is 0. The maximum Gasteiger partial charge on any atom is 0.208 e. The minimum atomic E-state index is -0.335. The lowest BCUT2D eigenvalue weighted by atomic mass is 9.61. The maximum atomic E-state index is 13.0. The lowest BCUT2D eigenvalue weighted by molar-refractivity contribution is 0.0772. The number of aryl methyl sites for hydroxylation is 1. The summed E-state index contributed by atoms with van der Waals surface area (Å²) < 4.78 is 1.99. The molecule has 3 rings (SSSR count). The van der Waals surface area contributed by atoms with E-state index < -0.39 is 0 Å². The van der Waals surface area contributed by atoms with Crippen molar-refractivity contribution in [1.29, 1.82) is 0 Å². The van der Waals surface area contributed by atoms with Crippen LogP contribution in [-0.2, 0) is 12.0 Å². The van der Waals surface area contributed by atoms with Gasteiger partial charge in [0.05, 0.1) is 5.41 Å². The number of ketones is 1. The Bertz CT molecular complexity index is 596. The number of carbonyl (C=O) groups excluding carboxylic acids is 1. The molecule has 0 aliphatic heterocycles. The Balaban J connectivity index is 1.97. The van der Waals surface area contributed by atoms with Gasteiger partial charge in [-0.15, -0.1) is 0 Å². The topological polar surface area (TPSA) is 34.9 Å². The normalized spacial score (nSPS) is 16.6. The second-order valence-corrected chi connectivity index (χ2v) is 5.58. The molecule has 3 nitrogen and oxygen atoms in total. The Morgan fingerprint density at radius 3 is 2.65 bits per heavy atom. The molecule has 20 heavy (non-hydrogen) atoms. The summed E-state index contributed by atoms with van der Waals surface area (Å²) in [6, 6.07) is 10.2. The van der Waals surface area contributed by atoms with Crippen LogP contribution in [0.25, 0.3) is 0 Å². The van der Waals surface area contributed by atoms with Crippen LogP contribution in [0.1, 0.15) is 48.8 Å². The average molecular weight is 268 g/mol. The molecule has 104 valence electrons. The lowest BCUT2D eigenvalue weighted by Crippen LogP contribution is -2.43. The van der Waals surface area contributed by atoms with E-state index in [4.69, 9.17) is 0 Å². The van der Waals surface area contributed by atoms with Gasteiger partial charge in [-0.25, -0.2) is 4.98 Å². The highest BCUT2D eigenvalue weighted by Gasteiger charge is 2.47. The van der Waals surface area contributed by atoms with Crippen LogP contribution in [-0.4, -0.2) is 15.3 Å². The molecule has 0 spiro atoms. The molecule has 1 aliphatic carbocycles. The van der Waals surface area contributed by atoms with Crippen LogP contribution in [0, 0.1) is 0 Å². The second kappa shape index (κ2) is 5.23. The number of carbonyl (C=O) groups is 1. The van der Waals surface area contributed by atoms with Gasteiger partial charge in [-0.05, 0) is 24.8 Å². The van der Waals surface area contributed by atoms with Crippen LogP contribution in [0.2, 0.25) is 0 Å². The van der Waals surface area contributed by atoms with Crippen molar-refractivity contribution in [3.05, 3.63) is 54.1 Å². The molecule has 1 saturated carbocycles. The molecule has 0 radical (unpaired) electrons. The highest BCUT2D eigenvalue weighted by Crippen LogP contribution is 2.45. The number of nitrogens with zero attached hydrogens (tertiary/aromatic N) is 2. The molecule has 3 heteroatoms. The molecule has 1 fully saturated rings. The van der Waals surface area contributed by atoms with Crippen molar-refractivity contribution in [2.75, 3.05) is 0 Å². The number of hydrogen-bond donors (Lipinski definition) is 0. The molecule has 0 bridgehead atoms. The molecule has 0 N–H and O–H groups in total. The predicted molar refractivity (Wildman–Crippen MR) is 78.8 cm³/mol. The van der Waals surface area contributed by atoms with E-state index in [9.17, 15) is 4.79 Å². The summed E-state index contributed by atoms with van der Waals surface area (Å²) in [5.41, 5.74) is 0.806. The van der Waals surface area contributed by atoms with Gasteiger partial charge in [0.2, 0.25) is 5.78 Å². The van der Waals surface area contributed by atoms with Crippen molar-refractivity contribution in [3.63, 3.8) is 0 Å². The predicted octanol–water partition coefficient (Wildman–Crippen LogP) is 3.60. The zero-order valence-corrected chi connectivity index (χ0v) is 11.9. The average Bonchev–Trinajstić information content (AvgIpc) is 2.87. The second-order valence-electron chi connectivity index (χ2n) is 5.58. The summed E-state index contributed by atoms with van der Waals surface area (Å²) >= 11 is 0. The van der Waals surface area contributed by atoms with E-state index in [1.165, 1.54) is 0 Å². The van der Waals surface area contributed by atoms with Gasteiger partial charge in [-0.3, -0.25) is 4.79 Å². The van der Waals surface area contributed by atoms with Crippen LogP contribution < -0.4 is 0 Å². The molecule has 1 aromatic carbocycles. The first kappa shape index (κ1) is 13.1. The summed E-state index contributed by atoms with van der Waals surface area (Å²) in [5, 5.41) is 0. The van der Waals surface area contributed by atoms with E-state index in [0.717, 1.165) is 37.8 Å². The number of aromatic nitrogens is 2. The monoisotopic (exact) mass is 268 g/mol. The Morgan fingerprint density at radius 2 is 2.05 bits per heavy atom. The number of Topliss-reactive ketones (excluding diaryl/α,β-unsaturated/α-hetero) is 1. The molecular formula is C17H20N2O. The molecule has 0 unspecified atom stereocenters. The number of rotatable bonds is 5. The zero-order chi connectivity index (χ0) is 14.0. The summed E-state index contributed by atoms with van der Waals surface area (Å²) in [6.45, 7) is 2.97. The van der Waals surface area contributed by atoms with Crippen LogP contribution in [0.5, 0.6) is 0 Å². The van der Waals surface area contributed by atoms with Crippen LogP contribution in [0.15, 0.2) is 42.7 Å². The van der Waals surface area contributed by atoms with Crippen LogP contribution in [0.4, 0.5) is 0 Å². The third-order valence-electron chi connectivity index (χ3n) is 4.35. The van der Waals surface area contributed by atoms with E-state index in [0.29, 0.717) is 5.82 Å². The van der Waals surface area contributed by atoms with Gasteiger partial charge in [-0.2, -0.15) is 0 Å². The van der Waals surface area contributed by atoms with Crippen LogP contribution >= 0.6 is 0 Å². The number of imidazole rings is 1. The van der Waals surface area contributed by atoms with Crippen LogP contribution in [0.3, 0.4) is 0 Å². The highest BCUT2D eigenvalue weighted by molar-refractivity contribution is 6.02. The number of hydrogen-bond acceptors (Lipinski definition) is 2. The molecule has 0 saturated heterocycles. The van der Waals surface area contributed by atoms with Gasteiger partial charge in [0.25, 0.3) is 0 Å². The minimum Gasteiger partial charge on any atom is -0.329 e. The van der Waals surface area contributed by atoms with Gasteiger partial charge in [-0.1, -0.05) is 43.7 Å². The van der Waals surface area contributed by atoms with E-state index in [-0.39, 0.29) is 11.2 Å². The van der Waals surface area contributed by atoms with Crippen molar-refractivity contribution < 1.29 is 4.79 Å². The Morgan fingerprint density at radius 1 is 1.30 bits per heavy atom. The van der Waals surface area contributed by atoms with E-state index in [1.807, 2.05) is 29.0 Å². The lowest BCUT2D eigenvalue weighted by Gasteiger charge is -2.40.